The number of aliphatic hydroxyl groups excluding tert-OH is 1. The van der Waals surface area contributed by atoms with Gasteiger partial charge in [0.15, 0.2) is 0 Å². The van der Waals surface area contributed by atoms with Crippen molar-refractivity contribution in [2.75, 3.05) is 11.5 Å². The second kappa shape index (κ2) is 5.41. The molecule has 3 N–H and O–H groups in total. The van der Waals surface area contributed by atoms with E-state index in [1.807, 2.05) is 0 Å². The topological polar surface area (TPSA) is 46.2 Å². The zero-order valence-corrected chi connectivity index (χ0v) is 6.98. The summed E-state index contributed by atoms with van der Waals surface area (Å²) in [5.41, 5.74) is 5.44. The first-order valence-corrected chi connectivity index (χ1v) is 4.14. The molecule has 0 radical (unpaired) electrons. The predicted octanol–water partition coefficient (Wildman–Crippen LogP) is -0.0757. The smallest absolute Gasteiger partial charge is 0.0706 e. The van der Waals surface area contributed by atoms with Crippen LogP contribution in [0.5, 0.6) is 0 Å². The van der Waals surface area contributed by atoms with E-state index >= 15 is 0 Å². The summed E-state index contributed by atoms with van der Waals surface area (Å²) in [5.74, 6) is 1.19. The Morgan fingerprint density at radius 1 is 1.44 bits per heavy atom. The average molecular weight is 167 g/mol. The Hall–Kier alpha value is 0.620. The van der Waals surface area contributed by atoms with E-state index in [2.05, 4.69) is 25.3 Å². The van der Waals surface area contributed by atoms with E-state index in [9.17, 15) is 0 Å². The molecule has 0 amide bonds. The van der Waals surface area contributed by atoms with E-state index in [0.29, 0.717) is 17.9 Å². The molecular formula is C5H13NOS2. The van der Waals surface area contributed by atoms with Gasteiger partial charge in [-0.25, -0.2) is 0 Å². The Morgan fingerprint density at radius 2 is 2.00 bits per heavy atom. The van der Waals surface area contributed by atoms with Crippen LogP contribution >= 0.6 is 25.3 Å². The first kappa shape index (κ1) is 9.62. The normalized spacial score (nSPS) is 17.3. The van der Waals surface area contributed by atoms with Crippen LogP contribution in [0.2, 0.25) is 0 Å². The fraction of sp³-hybridized carbons (Fsp3) is 1.00. The van der Waals surface area contributed by atoms with Crippen molar-refractivity contribution in [2.45, 2.75) is 18.6 Å². The third-order valence-corrected chi connectivity index (χ3v) is 1.81. The molecule has 0 fully saturated rings. The van der Waals surface area contributed by atoms with Crippen molar-refractivity contribution in [3.63, 3.8) is 0 Å². The number of hydrogen-bond donors (Lipinski definition) is 4. The van der Waals surface area contributed by atoms with Crippen LogP contribution in [-0.4, -0.2) is 28.8 Å². The molecule has 0 aromatic carbocycles. The van der Waals surface area contributed by atoms with E-state index in [-0.39, 0.29) is 6.04 Å². The number of thiol groups is 2. The summed E-state index contributed by atoms with van der Waals surface area (Å²) in [6, 6.07) is -0.208. The van der Waals surface area contributed by atoms with Gasteiger partial charge in [-0.05, 0) is 12.2 Å². The minimum Gasteiger partial charge on any atom is -0.391 e. The standard InChI is InChI=1S/C5H13NOS2/c6-4(3-9)5(7)1-2-8/h4-5,7-9H,1-3,6H2. The highest BCUT2D eigenvalue weighted by atomic mass is 32.1. The Morgan fingerprint density at radius 3 is 2.33 bits per heavy atom. The van der Waals surface area contributed by atoms with Gasteiger partial charge in [-0.15, -0.1) is 0 Å². The van der Waals surface area contributed by atoms with Crippen LogP contribution in [0.3, 0.4) is 0 Å². The third kappa shape index (κ3) is 4.08. The molecule has 2 nitrogen and oxygen atoms in total. The minimum atomic E-state index is -0.444. The highest BCUT2D eigenvalue weighted by Crippen LogP contribution is 1.99. The third-order valence-electron chi connectivity index (χ3n) is 1.13. The zero-order valence-electron chi connectivity index (χ0n) is 5.20. The molecule has 0 aromatic rings. The van der Waals surface area contributed by atoms with Gasteiger partial charge in [0.05, 0.1) is 6.10 Å². The first-order valence-electron chi connectivity index (χ1n) is 2.87. The Labute approximate surface area is 66.6 Å². The van der Waals surface area contributed by atoms with E-state index in [1.54, 1.807) is 0 Å². The first-order chi connectivity index (χ1) is 4.22. The summed E-state index contributed by atoms with van der Waals surface area (Å²) < 4.78 is 0. The van der Waals surface area contributed by atoms with Gasteiger partial charge in [-0.2, -0.15) is 25.3 Å². The van der Waals surface area contributed by atoms with Crippen molar-refractivity contribution in [3.05, 3.63) is 0 Å². The van der Waals surface area contributed by atoms with Crippen LogP contribution in [0.25, 0.3) is 0 Å². The van der Waals surface area contributed by atoms with Crippen LogP contribution in [0.1, 0.15) is 6.42 Å². The van der Waals surface area contributed by atoms with Gasteiger partial charge >= 0.3 is 0 Å². The van der Waals surface area contributed by atoms with Crippen LogP contribution in [-0.2, 0) is 0 Å². The van der Waals surface area contributed by atoms with E-state index in [1.165, 1.54) is 0 Å². The van der Waals surface area contributed by atoms with Gasteiger partial charge < -0.3 is 10.8 Å². The Kier molecular flexibility index (Phi) is 5.78. The molecule has 0 heterocycles. The minimum absolute atomic E-state index is 0.208. The molecule has 0 aliphatic rings. The van der Waals surface area contributed by atoms with E-state index in [4.69, 9.17) is 10.8 Å². The van der Waals surface area contributed by atoms with Gasteiger partial charge in [0.2, 0.25) is 0 Å². The number of hydrogen-bond acceptors (Lipinski definition) is 4. The molecule has 0 saturated carbocycles. The lowest BCUT2D eigenvalue weighted by atomic mass is 10.1. The van der Waals surface area contributed by atoms with Crippen molar-refractivity contribution in [3.8, 4) is 0 Å². The fourth-order valence-electron chi connectivity index (χ4n) is 0.468. The number of rotatable bonds is 4. The molecule has 9 heavy (non-hydrogen) atoms. The van der Waals surface area contributed by atoms with E-state index in [0.717, 1.165) is 0 Å². The molecule has 2 atom stereocenters. The van der Waals surface area contributed by atoms with Gasteiger partial charge in [-0.3, -0.25) is 0 Å². The maximum atomic E-state index is 9.09. The second-order valence-corrected chi connectivity index (χ2v) is 2.74. The lowest BCUT2D eigenvalue weighted by Crippen LogP contribution is -2.36. The Bertz CT molecular complexity index is 72.0. The maximum absolute atomic E-state index is 9.09. The highest BCUT2D eigenvalue weighted by Gasteiger charge is 2.10. The maximum Gasteiger partial charge on any atom is 0.0706 e. The van der Waals surface area contributed by atoms with Crippen LogP contribution in [0.15, 0.2) is 0 Å². The summed E-state index contributed by atoms with van der Waals surface area (Å²) in [6.07, 6.45) is 0.199. The SMILES string of the molecule is NC(CS)C(O)CCS. The molecule has 0 spiro atoms. The van der Waals surface area contributed by atoms with Crippen molar-refractivity contribution in [2.24, 2.45) is 5.73 Å². The van der Waals surface area contributed by atoms with Crippen molar-refractivity contribution in [1.82, 2.24) is 0 Å². The predicted molar refractivity (Wildman–Crippen MR) is 46.3 cm³/mol. The van der Waals surface area contributed by atoms with Crippen LogP contribution in [0.4, 0.5) is 0 Å². The number of aliphatic hydroxyl groups is 1. The molecule has 0 rings (SSSR count). The van der Waals surface area contributed by atoms with Crippen molar-refractivity contribution < 1.29 is 5.11 Å². The van der Waals surface area contributed by atoms with Crippen molar-refractivity contribution in [1.29, 1.82) is 0 Å². The molecule has 0 bridgehead atoms. The molecule has 0 aliphatic heterocycles. The lowest BCUT2D eigenvalue weighted by Gasteiger charge is -2.14. The average Bonchev–Trinajstić information content (AvgIpc) is 1.87. The molecule has 0 aliphatic carbocycles. The largest absolute Gasteiger partial charge is 0.391 e. The van der Waals surface area contributed by atoms with Gasteiger partial charge in [0, 0.05) is 11.8 Å². The molecular weight excluding hydrogens is 154 g/mol. The van der Waals surface area contributed by atoms with Crippen molar-refractivity contribution >= 4 is 25.3 Å². The monoisotopic (exact) mass is 167 g/mol. The van der Waals surface area contributed by atoms with E-state index < -0.39 is 6.10 Å². The quantitative estimate of drug-likeness (QED) is 0.443. The molecule has 4 heteroatoms. The summed E-state index contributed by atoms with van der Waals surface area (Å²) >= 11 is 7.89. The zero-order chi connectivity index (χ0) is 7.28. The molecule has 2 unspecified atom stereocenters. The van der Waals surface area contributed by atoms with Gasteiger partial charge in [0.25, 0.3) is 0 Å². The summed E-state index contributed by atoms with van der Waals surface area (Å²) in [5, 5.41) is 9.09. The lowest BCUT2D eigenvalue weighted by molar-refractivity contribution is 0.150. The molecule has 0 saturated heterocycles. The Balaban J connectivity index is 3.32. The summed E-state index contributed by atoms with van der Waals surface area (Å²) in [6.45, 7) is 0. The van der Waals surface area contributed by atoms with Gasteiger partial charge in [-0.1, -0.05) is 0 Å². The summed E-state index contributed by atoms with van der Waals surface area (Å²) in [4.78, 5) is 0. The van der Waals surface area contributed by atoms with Crippen LogP contribution in [0, 0.1) is 0 Å². The molecule has 56 valence electrons. The van der Waals surface area contributed by atoms with Gasteiger partial charge in [0.1, 0.15) is 0 Å². The second-order valence-electron chi connectivity index (χ2n) is 1.93. The highest BCUT2D eigenvalue weighted by molar-refractivity contribution is 7.80. The summed E-state index contributed by atoms with van der Waals surface area (Å²) in [7, 11) is 0. The molecule has 0 aromatic heterocycles. The fourth-order valence-corrected chi connectivity index (χ4v) is 0.976. The number of nitrogens with two attached hydrogens (primary N) is 1. The van der Waals surface area contributed by atoms with Crippen LogP contribution < -0.4 is 5.73 Å².